The number of carbonyl (C=O) groups excluding carboxylic acids is 1. The summed E-state index contributed by atoms with van der Waals surface area (Å²) in [6.07, 6.45) is 0.527. The van der Waals surface area contributed by atoms with E-state index in [0.29, 0.717) is 38.5 Å². The van der Waals surface area contributed by atoms with Crippen LogP contribution in [-0.2, 0) is 21.2 Å². The van der Waals surface area contributed by atoms with E-state index < -0.39 is 10.0 Å². The molecule has 9 heteroatoms. The van der Waals surface area contributed by atoms with E-state index in [4.69, 9.17) is 14.2 Å². The third-order valence-corrected chi connectivity index (χ3v) is 6.33. The first-order chi connectivity index (χ1) is 14.4. The van der Waals surface area contributed by atoms with Gasteiger partial charge in [-0.3, -0.25) is 4.79 Å². The molecule has 0 spiro atoms. The molecule has 0 bridgehead atoms. The molecule has 0 aromatic heterocycles. The van der Waals surface area contributed by atoms with Crippen LogP contribution in [0.25, 0.3) is 0 Å². The standard InChI is InChI=1S/C21H26N2O6S/c1-27-17-5-3-16(4-6-17)9-10-22-30(25,26)18-7-8-20(28-2)19(15-18)21(24)23-11-13-29-14-12-23/h3-8,15,22H,9-14H2,1-2H3. The largest absolute Gasteiger partial charge is 0.497 e. The van der Waals surface area contributed by atoms with Crippen LogP contribution in [0.1, 0.15) is 15.9 Å². The van der Waals surface area contributed by atoms with Crippen molar-refractivity contribution in [3.8, 4) is 11.5 Å². The highest BCUT2D eigenvalue weighted by Gasteiger charge is 2.24. The molecule has 1 N–H and O–H groups in total. The minimum atomic E-state index is -3.78. The van der Waals surface area contributed by atoms with E-state index in [0.717, 1.165) is 11.3 Å². The lowest BCUT2D eigenvalue weighted by Crippen LogP contribution is -2.40. The van der Waals surface area contributed by atoms with Gasteiger partial charge in [-0.05, 0) is 42.3 Å². The van der Waals surface area contributed by atoms with Crippen LogP contribution in [0, 0.1) is 0 Å². The third kappa shape index (κ3) is 5.29. The van der Waals surface area contributed by atoms with Gasteiger partial charge in [-0.15, -0.1) is 0 Å². The quantitative estimate of drug-likeness (QED) is 0.680. The number of nitrogens with zero attached hydrogens (tertiary/aromatic N) is 1. The summed E-state index contributed by atoms with van der Waals surface area (Å²) in [6, 6.07) is 11.7. The third-order valence-electron chi connectivity index (χ3n) is 4.87. The molecule has 1 saturated heterocycles. The molecule has 2 aromatic carbocycles. The van der Waals surface area contributed by atoms with Gasteiger partial charge in [0.05, 0.1) is 37.9 Å². The molecule has 2 aromatic rings. The van der Waals surface area contributed by atoms with Gasteiger partial charge in [0.1, 0.15) is 11.5 Å². The van der Waals surface area contributed by atoms with Crippen molar-refractivity contribution < 1.29 is 27.4 Å². The fourth-order valence-corrected chi connectivity index (χ4v) is 4.22. The first-order valence-corrected chi connectivity index (χ1v) is 11.1. The van der Waals surface area contributed by atoms with Crippen molar-refractivity contribution in [1.82, 2.24) is 9.62 Å². The Kier molecular flexibility index (Phi) is 7.30. The number of carbonyl (C=O) groups is 1. The van der Waals surface area contributed by atoms with E-state index in [9.17, 15) is 13.2 Å². The SMILES string of the molecule is COc1ccc(CCNS(=O)(=O)c2ccc(OC)c(C(=O)N3CCOCC3)c2)cc1. The van der Waals surface area contributed by atoms with Gasteiger partial charge in [0, 0.05) is 19.6 Å². The molecule has 0 aliphatic carbocycles. The first-order valence-electron chi connectivity index (χ1n) is 9.62. The van der Waals surface area contributed by atoms with Crippen LogP contribution in [0.15, 0.2) is 47.4 Å². The topological polar surface area (TPSA) is 94.2 Å². The molecule has 0 saturated carbocycles. The molecule has 0 radical (unpaired) electrons. The molecule has 8 nitrogen and oxygen atoms in total. The van der Waals surface area contributed by atoms with Gasteiger partial charge in [-0.25, -0.2) is 13.1 Å². The predicted octanol–water partition coefficient (Wildman–Crippen LogP) is 1.70. The van der Waals surface area contributed by atoms with E-state index in [2.05, 4.69) is 4.72 Å². The normalized spacial score (nSPS) is 14.4. The Bertz CT molecular complexity index is 969. The summed E-state index contributed by atoms with van der Waals surface area (Å²) < 4.78 is 43.8. The number of hydrogen-bond acceptors (Lipinski definition) is 6. The number of morpholine rings is 1. The molecular formula is C21H26N2O6S. The van der Waals surface area contributed by atoms with Crippen molar-refractivity contribution in [3.05, 3.63) is 53.6 Å². The molecule has 1 aliphatic heterocycles. The highest BCUT2D eigenvalue weighted by atomic mass is 32.2. The number of sulfonamides is 1. The Labute approximate surface area is 176 Å². The van der Waals surface area contributed by atoms with Gasteiger partial charge >= 0.3 is 0 Å². The average molecular weight is 435 g/mol. The van der Waals surface area contributed by atoms with Crippen LogP contribution in [-0.4, -0.2) is 66.3 Å². The van der Waals surface area contributed by atoms with E-state index in [1.165, 1.54) is 25.3 Å². The predicted molar refractivity (Wildman–Crippen MR) is 112 cm³/mol. The van der Waals surface area contributed by atoms with Crippen LogP contribution in [0.2, 0.25) is 0 Å². The van der Waals surface area contributed by atoms with Gasteiger partial charge in [-0.1, -0.05) is 12.1 Å². The molecule has 162 valence electrons. The van der Waals surface area contributed by atoms with Crippen molar-refractivity contribution in [2.75, 3.05) is 47.1 Å². The Balaban J connectivity index is 1.72. The number of rotatable bonds is 8. The fraction of sp³-hybridized carbons (Fsp3) is 0.381. The monoisotopic (exact) mass is 434 g/mol. The van der Waals surface area contributed by atoms with E-state index >= 15 is 0 Å². The lowest BCUT2D eigenvalue weighted by molar-refractivity contribution is 0.0300. The highest BCUT2D eigenvalue weighted by molar-refractivity contribution is 7.89. The second-order valence-electron chi connectivity index (χ2n) is 6.76. The second kappa shape index (κ2) is 9.92. The Hall–Kier alpha value is -2.62. The summed E-state index contributed by atoms with van der Waals surface area (Å²) in [5.41, 5.74) is 1.20. The van der Waals surface area contributed by atoms with Crippen LogP contribution in [0.5, 0.6) is 11.5 Å². The number of nitrogens with one attached hydrogen (secondary N) is 1. The maximum absolute atomic E-state index is 12.9. The summed E-state index contributed by atoms with van der Waals surface area (Å²) in [5.74, 6) is 0.809. The Morgan fingerprint density at radius 1 is 1.07 bits per heavy atom. The van der Waals surface area contributed by atoms with Crippen LogP contribution in [0.3, 0.4) is 0 Å². The van der Waals surface area contributed by atoms with Crippen LogP contribution >= 0.6 is 0 Å². The van der Waals surface area contributed by atoms with Crippen LogP contribution < -0.4 is 14.2 Å². The highest BCUT2D eigenvalue weighted by Crippen LogP contribution is 2.24. The molecule has 1 fully saturated rings. The van der Waals surface area contributed by atoms with Gasteiger partial charge in [-0.2, -0.15) is 0 Å². The number of hydrogen-bond donors (Lipinski definition) is 1. The molecule has 3 rings (SSSR count). The van der Waals surface area contributed by atoms with Gasteiger partial charge in [0.2, 0.25) is 10.0 Å². The maximum atomic E-state index is 12.9. The van der Waals surface area contributed by atoms with Crippen molar-refractivity contribution in [2.45, 2.75) is 11.3 Å². The molecule has 0 atom stereocenters. The zero-order valence-electron chi connectivity index (χ0n) is 17.1. The number of amides is 1. The number of benzene rings is 2. The number of methoxy groups -OCH3 is 2. The van der Waals surface area contributed by atoms with Crippen molar-refractivity contribution in [3.63, 3.8) is 0 Å². The smallest absolute Gasteiger partial charge is 0.257 e. The lowest BCUT2D eigenvalue weighted by atomic mass is 10.1. The zero-order valence-corrected chi connectivity index (χ0v) is 17.9. The minimum Gasteiger partial charge on any atom is -0.497 e. The van der Waals surface area contributed by atoms with Crippen molar-refractivity contribution >= 4 is 15.9 Å². The van der Waals surface area contributed by atoms with Crippen molar-refractivity contribution in [1.29, 1.82) is 0 Å². The summed E-state index contributed by atoms with van der Waals surface area (Å²) in [5, 5.41) is 0. The maximum Gasteiger partial charge on any atom is 0.257 e. The molecule has 1 amide bonds. The second-order valence-corrected chi connectivity index (χ2v) is 8.53. The van der Waals surface area contributed by atoms with Gasteiger partial charge in [0.25, 0.3) is 5.91 Å². The minimum absolute atomic E-state index is 0.0228. The van der Waals surface area contributed by atoms with Crippen molar-refractivity contribution in [2.24, 2.45) is 0 Å². The Morgan fingerprint density at radius 3 is 2.40 bits per heavy atom. The lowest BCUT2D eigenvalue weighted by Gasteiger charge is -2.27. The van der Waals surface area contributed by atoms with Gasteiger partial charge < -0.3 is 19.1 Å². The van der Waals surface area contributed by atoms with Gasteiger partial charge in [0.15, 0.2) is 0 Å². The molecule has 0 unspecified atom stereocenters. The van der Waals surface area contributed by atoms with E-state index in [-0.39, 0.29) is 22.9 Å². The molecule has 1 heterocycles. The number of ether oxygens (including phenoxy) is 3. The summed E-state index contributed by atoms with van der Waals surface area (Å²) >= 11 is 0. The molecular weight excluding hydrogens is 408 g/mol. The first kappa shape index (κ1) is 22.1. The molecule has 1 aliphatic rings. The summed E-state index contributed by atoms with van der Waals surface area (Å²) in [7, 11) is -0.736. The zero-order chi connectivity index (χ0) is 21.6. The van der Waals surface area contributed by atoms with E-state index in [1.54, 1.807) is 12.0 Å². The fourth-order valence-electron chi connectivity index (χ4n) is 3.16. The average Bonchev–Trinajstić information content (AvgIpc) is 2.79. The summed E-state index contributed by atoms with van der Waals surface area (Å²) in [6.45, 7) is 2.06. The Morgan fingerprint density at radius 2 is 1.77 bits per heavy atom. The van der Waals surface area contributed by atoms with E-state index in [1.807, 2.05) is 24.3 Å². The summed E-state index contributed by atoms with van der Waals surface area (Å²) in [4.78, 5) is 14.5. The molecule has 30 heavy (non-hydrogen) atoms. The van der Waals surface area contributed by atoms with Crippen LogP contribution in [0.4, 0.5) is 0 Å².